The molecule has 0 aromatic heterocycles. The lowest BCUT2D eigenvalue weighted by atomic mass is 9.86. The monoisotopic (exact) mass is 439 g/mol. The smallest absolute Gasteiger partial charge is 0.229 e. The SMILES string of the molecule is CCOc1ccc([C@@H]2CC(=O)N3CN(c4ccc(F)cc4)CSC3=C2C#N)cc1OC. The first kappa shape index (κ1) is 21.1. The number of nitrogens with zero attached hydrogens (tertiary/aromatic N) is 3. The molecule has 2 aromatic rings. The van der Waals surface area contributed by atoms with Crippen molar-refractivity contribution in [2.75, 3.05) is 31.2 Å². The fourth-order valence-corrected chi connectivity index (χ4v) is 5.01. The van der Waals surface area contributed by atoms with E-state index in [9.17, 15) is 14.4 Å². The van der Waals surface area contributed by atoms with Gasteiger partial charge in [0.15, 0.2) is 11.5 Å². The van der Waals surface area contributed by atoms with Crippen LogP contribution >= 0.6 is 11.8 Å². The summed E-state index contributed by atoms with van der Waals surface area (Å²) in [5.74, 6) is 1.09. The number of methoxy groups -OCH3 is 1. The van der Waals surface area contributed by atoms with Gasteiger partial charge < -0.3 is 14.4 Å². The van der Waals surface area contributed by atoms with E-state index in [1.165, 1.54) is 23.9 Å². The Morgan fingerprint density at radius 3 is 2.68 bits per heavy atom. The van der Waals surface area contributed by atoms with Crippen LogP contribution in [0.4, 0.5) is 10.1 Å². The van der Waals surface area contributed by atoms with Crippen molar-refractivity contribution in [1.29, 1.82) is 5.26 Å². The molecule has 1 amide bonds. The molecular weight excluding hydrogens is 417 g/mol. The number of halogens is 1. The molecule has 0 aliphatic carbocycles. The van der Waals surface area contributed by atoms with Crippen molar-refractivity contribution < 1.29 is 18.7 Å². The molecule has 2 aliphatic rings. The minimum atomic E-state index is -0.335. The highest BCUT2D eigenvalue weighted by molar-refractivity contribution is 8.03. The first-order chi connectivity index (χ1) is 15.0. The van der Waals surface area contributed by atoms with E-state index >= 15 is 0 Å². The number of amides is 1. The Kier molecular flexibility index (Phi) is 6.05. The number of thioether (sulfide) groups is 1. The van der Waals surface area contributed by atoms with Gasteiger partial charge in [-0.2, -0.15) is 5.26 Å². The Hall–Kier alpha value is -3.18. The number of hydrogen-bond donors (Lipinski definition) is 0. The van der Waals surface area contributed by atoms with E-state index in [0.717, 1.165) is 11.3 Å². The predicted octanol–water partition coefficient (Wildman–Crippen LogP) is 4.45. The highest BCUT2D eigenvalue weighted by atomic mass is 32.2. The lowest BCUT2D eigenvalue weighted by Crippen LogP contribution is -2.47. The average Bonchev–Trinajstić information content (AvgIpc) is 2.80. The molecule has 0 N–H and O–H groups in total. The minimum absolute atomic E-state index is 0.0498. The van der Waals surface area contributed by atoms with Gasteiger partial charge in [0.05, 0.1) is 42.9 Å². The van der Waals surface area contributed by atoms with Crippen molar-refractivity contribution >= 4 is 23.4 Å². The van der Waals surface area contributed by atoms with Gasteiger partial charge in [0.1, 0.15) is 5.82 Å². The topological polar surface area (TPSA) is 65.8 Å². The molecule has 1 saturated heterocycles. The predicted molar refractivity (Wildman–Crippen MR) is 117 cm³/mol. The zero-order chi connectivity index (χ0) is 22.0. The van der Waals surface area contributed by atoms with Crippen LogP contribution in [-0.4, -0.2) is 37.1 Å². The number of nitriles is 1. The molecule has 0 saturated carbocycles. The van der Waals surface area contributed by atoms with Crippen LogP contribution in [0, 0.1) is 17.1 Å². The van der Waals surface area contributed by atoms with Crippen LogP contribution in [0.15, 0.2) is 53.1 Å². The second-order valence-corrected chi connectivity index (χ2v) is 8.12. The number of ether oxygens (including phenoxy) is 2. The van der Waals surface area contributed by atoms with Gasteiger partial charge in [-0.05, 0) is 48.9 Å². The third-order valence-corrected chi connectivity index (χ3v) is 6.53. The van der Waals surface area contributed by atoms with Gasteiger partial charge in [-0.25, -0.2) is 4.39 Å². The van der Waals surface area contributed by atoms with E-state index in [4.69, 9.17) is 9.47 Å². The standard InChI is InChI=1S/C23H22FN3O3S/c1-3-30-20-9-4-15(10-21(20)29-2)18-11-22(28)27-13-26(14-31-23(27)19(18)12-25)17-7-5-16(24)6-8-17/h4-10,18H,3,11,13-14H2,1-2H3/t18-/m0/s1. The summed E-state index contributed by atoms with van der Waals surface area (Å²) >= 11 is 1.45. The molecule has 1 atom stereocenters. The highest BCUT2D eigenvalue weighted by Gasteiger charge is 2.38. The summed E-state index contributed by atoms with van der Waals surface area (Å²) in [5.41, 5.74) is 2.26. The van der Waals surface area contributed by atoms with Crippen molar-refractivity contribution in [3.05, 3.63) is 64.4 Å². The lowest BCUT2D eigenvalue weighted by Gasteiger charge is -2.42. The summed E-state index contributed by atoms with van der Waals surface area (Å²) in [7, 11) is 1.57. The summed E-state index contributed by atoms with van der Waals surface area (Å²) in [5, 5.41) is 10.6. The largest absolute Gasteiger partial charge is 0.493 e. The Balaban J connectivity index is 1.65. The second-order valence-electron chi connectivity index (χ2n) is 7.18. The minimum Gasteiger partial charge on any atom is -0.493 e. The first-order valence-electron chi connectivity index (χ1n) is 9.94. The number of carbonyl (C=O) groups excluding carboxylic acids is 1. The molecule has 2 heterocycles. The van der Waals surface area contributed by atoms with Crippen LogP contribution in [-0.2, 0) is 4.79 Å². The molecule has 1 fully saturated rings. The molecule has 6 nitrogen and oxygen atoms in total. The van der Waals surface area contributed by atoms with E-state index in [-0.39, 0.29) is 24.1 Å². The maximum atomic E-state index is 13.3. The molecule has 4 rings (SSSR count). The van der Waals surface area contributed by atoms with Gasteiger partial charge in [-0.15, -0.1) is 0 Å². The molecular formula is C23H22FN3O3S. The third kappa shape index (κ3) is 4.06. The maximum Gasteiger partial charge on any atom is 0.229 e. The quantitative estimate of drug-likeness (QED) is 0.686. The third-order valence-electron chi connectivity index (χ3n) is 5.38. The maximum absolute atomic E-state index is 13.3. The van der Waals surface area contributed by atoms with E-state index in [1.807, 2.05) is 30.0 Å². The number of anilines is 1. The molecule has 0 radical (unpaired) electrons. The van der Waals surface area contributed by atoms with Crippen molar-refractivity contribution in [2.45, 2.75) is 19.3 Å². The van der Waals surface area contributed by atoms with Gasteiger partial charge in [0.2, 0.25) is 5.91 Å². The lowest BCUT2D eigenvalue weighted by molar-refractivity contribution is -0.129. The molecule has 2 aliphatic heterocycles. The molecule has 160 valence electrons. The Morgan fingerprint density at radius 1 is 1.23 bits per heavy atom. The molecule has 0 bridgehead atoms. The van der Waals surface area contributed by atoms with Crippen LogP contribution in [0.25, 0.3) is 0 Å². The van der Waals surface area contributed by atoms with Gasteiger partial charge in [0.25, 0.3) is 0 Å². The summed E-state index contributed by atoms with van der Waals surface area (Å²) in [6.07, 6.45) is 0.196. The highest BCUT2D eigenvalue weighted by Crippen LogP contribution is 2.44. The van der Waals surface area contributed by atoms with Crippen LogP contribution in [0.1, 0.15) is 24.8 Å². The molecule has 2 aromatic carbocycles. The normalized spacial score (nSPS) is 18.5. The molecule has 8 heteroatoms. The van der Waals surface area contributed by atoms with E-state index in [0.29, 0.717) is 41.3 Å². The number of allylic oxidation sites excluding steroid dienone is 1. The molecule has 0 unspecified atom stereocenters. The number of benzene rings is 2. The van der Waals surface area contributed by atoms with Crippen LogP contribution in [0.5, 0.6) is 11.5 Å². The van der Waals surface area contributed by atoms with E-state index in [1.54, 1.807) is 24.1 Å². The van der Waals surface area contributed by atoms with E-state index in [2.05, 4.69) is 6.07 Å². The number of fused-ring (bicyclic) bond motifs is 1. The van der Waals surface area contributed by atoms with Crippen LogP contribution in [0.3, 0.4) is 0 Å². The Morgan fingerprint density at radius 2 is 2.00 bits per heavy atom. The fraction of sp³-hybridized carbons (Fsp3) is 0.304. The van der Waals surface area contributed by atoms with Crippen molar-refractivity contribution in [3.63, 3.8) is 0 Å². The molecule has 31 heavy (non-hydrogen) atoms. The van der Waals surface area contributed by atoms with Crippen LogP contribution in [0.2, 0.25) is 0 Å². The average molecular weight is 440 g/mol. The summed E-state index contributed by atoms with van der Waals surface area (Å²) in [6, 6.07) is 14.1. The summed E-state index contributed by atoms with van der Waals surface area (Å²) in [6.45, 7) is 2.74. The zero-order valence-corrected chi connectivity index (χ0v) is 18.1. The van der Waals surface area contributed by atoms with Crippen molar-refractivity contribution in [3.8, 4) is 17.6 Å². The Bertz CT molecular complexity index is 1060. The van der Waals surface area contributed by atoms with E-state index < -0.39 is 0 Å². The zero-order valence-electron chi connectivity index (χ0n) is 17.3. The van der Waals surface area contributed by atoms with Crippen molar-refractivity contribution in [1.82, 2.24) is 4.90 Å². The first-order valence-corrected chi connectivity index (χ1v) is 10.9. The molecule has 0 spiro atoms. The van der Waals surface area contributed by atoms with Gasteiger partial charge in [-0.3, -0.25) is 9.69 Å². The summed E-state index contributed by atoms with van der Waals surface area (Å²) < 4.78 is 24.3. The van der Waals surface area contributed by atoms with Gasteiger partial charge in [-0.1, -0.05) is 17.8 Å². The van der Waals surface area contributed by atoms with Crippen molar-refractivity contribution in [2.24, 2.45) is 0 Å². The van der Waals surface area contributed by atoms with Gasteiger partial charge >= 0.3 is 0 Å². The summed E-state index contributed by atoms with van der Waals surface area (Å²) in [4.78, 5) is 16.7. The Labute approximate surface area is 184 Å². The van der Waals surface area contributed by atoms with Crippen LogP contribution < -0.4 is 14.4 Å². The number of hydrogen-bond acceptors (Lipinski definition) is 6. The number of carbonyl (C=O) groups is 1. The fourth-order valence-electron chi connectivity index (χ4n) is 3.84. The second kappa shape index (κ2) is 8.90. The van der Waals surface area contributed by atoms with Gasteiger partial charge in [0, 0.05) is 18.0 Å². The number of rotatable bonds is 5.